The van der Waals surface area contributed by atoms with Gasteiger partial charge in [-0.25, -0.2) is 0 Å². The van der Waals surface area contributed by atoms with Gasteiger partial charge in [-0.1, -0.05) is 0 Å². The molecule has 0 N–H and O–H groups in total. The molecule has 0 aliphatic rings. The van der Waals surface area contributed by atoms with Gasteiger partial charge in [-0.2, -0.15) is 158 Å². The molecule has 0 amide bonds. The number of allylic oxidation sites excluding steroid dienone is 8. The normalized spacial score (nSPS) is 15.1. The van der Waals surface area contributed by atoms with Crippen LogP contribution in [0.5, 0.6) is 0 Å². The summed E-state index contributed by atoms with van der Waals surface area (Å²) >= 11 is 0. The molecule has 0 aliphatic carbocycles. The third-order valence-corrected chi connectivity index (χ3v) is 11.1. The van der Waals surface area contributed by atoms with E-state index in [9.17, 15) is 178 Å². The van der Waals surface area contributed by atoms with Gasteiger partial charge in [0.1, 0.15) is 0 Å². The van der Waals surface area contributed by atoms with Crippen LogP contribution in [-0.4, -0.2) is 73.7 Å². The van der Waals surface area contributed by atoms with Crippen molar-refractivity contribution in [2.24, 2.45) is 20.0 Å². The van der Waals surface area contributed by atoms with E-state index in [1.54, 1.807) is 0 Å². The molecule has 0 spiro atoms. The van der Waals surface area contributed by atoms with E-state index in [0.717, 1.165) is 0 Å². The van der Waals surface area contributed by atoms with Crippen LogP contribution in [0.1, 0.15) is 66.8 Å². The van der Waals surface area contributed by atoms with E-state index >= 15 is 0 Å². The minimum Gasteiger partial charge on any atom is -0.869 e. The van der Waals surface area contributed by atoms with Crippen LogP contribution in [0.15, 0.2) is 140 Å². The van der Waals surface area contributed by atoms with Crippen LogP contribution in [0.25, 0.3) is 0 Å². The first-order valence-electron chi connectivity index (χ1n) is 24.0. The molecule has 4 aromatic rings. The fraction of sp³-hybridized carbons (Fsp3) is 0.308. The molecule has 4 aromatic carbocycles. The van der Waals surface area contributed by atoms with Gasteiger partial charge < -0.3 is 20.4 Å². The molecule has 8 nitrogen and oxygen atoms in total. The number of nitrogens with zero attached hydrogens (tertiary/aromatic N) is 4. The van der Waals surface area contributed by atoms with Gasteiger partial charge >= 0.3 is 116 Å². The molecule has 532 valence electrons. The molecule has 0 atom stereocenters. The zero-order chi connectivity index (χ0) is 74.5. The Morgan fingerprint density at radius 1 is 0.227 bits per heavy atom. The molecule has 0 radical (unpaired) electrons. The quantitative estimate of drug-likeness (QED) is 0.0536. The van der Waals surface area contributed by atoms with E-state index in [2.05, 4.69) is 20.0 Å². The summed E-state index contributed by atoms with van der Waals surface area (Å²) in [5, 5.41) is 46.1. The van der Waals surface area contributed by atoms with Gasteiger partial charge in [0.2, 0.25) is 0 Å². The van der Waals surface area contributed by atoms with Gasteiger partial charge in [0.05, 0.1) is 93.5 Å². The van der Waals surface area contributed by atoms with E-state index in [4.69, 9.17) is 0 Å². The molecular formula is C52H24CeF36N4O4. The maximum atomic E-state index is 13.3. The predicted molar refractivity (Wildman–Crippen MR) is 248 cm³/mol. The van der Waals surface area contributed by atoms with Gasteiger partial charge in [0.25, 0.3) is 0 Å². The Hall–Kier alpha value is -7.42. The number of rotatable bonds is 14. The molecular weight excluding hydrogens is 1570 g/mol. The van der Waals surface area contributed by atoms with Crippen molar-refractivity contribution in [2.75, 3.05) is 26.2 Å². The number of benzene rings is 4. The smallest absolute Gasteiger partial charge is 0.869 e. The average Bonchev–Trinajstić information content (AvgIpc) is 0.814. The van der Waals surface area contributed by atoms with Crippen molar-refractivity contribution < 1.29 is 220 Å². The van der Waals surface area contributed by atoms with Crippen molar-refractivity contribution in [2.45, 2.75) is 74.1 Å². The first-order chi connectivity index (χ1) is 42.8. The number of halogens is 36. The van der Waals surface area contributed by atoms with Crippen molar-refractivity contribution in [1.82, 2.24) is 0 Å². The van der Waals surface area contributed by atoms with Gasteiger partial charge in [-0.05, 0) is 120 Å². The second kappa shape index (κ2) is 30.8. The largest absolute Gasteiger partial charge is 4.00 e. The molecule has 0 heterocycles. The summed E-state index contributed by atoms with van der Waals surface area (Å²) < 4.78 is 473. The van der Waals surface area contributed by atoms with Crippen LogP contribution >= 0.6 is 0 Å². The number of hydrogen-bond acceptors (Lipinski definition) is 8. The van der Waals surface area contributed by atoms with Crippen molar-refractivity contribution in [3.8, 4) is 0 Å². The summed E-state index contributed by atoms with van der Waals surface area (Å²) in [6.45, 7) is -5.12. The number of aliphatic imine (C=N–C) groups is 4. The second-order valence-corrected chi connectivity index (χ2v) is 18.3. The van der Waals surface area contributed by atoms with E-state index in [1.165, 1.54) is 0 Å². The van der Waals surface area contributed by atoms with Gasteiger partial charge in [-0.3, -0.25) is 20.0 Å². The summed E-state index contributed by atoms with van der Waals surface area (Å²) in [4.78, 5) is 12.9. The molecule has 0 saturated carbocycles. The summed E-state index contributed by atoms with van der Waals surface area (Å²) in [5.74, 6) is -11.5. The molecule has 0 saturated heterocycles. The Morgan fingerprint density at radius 3 is 0.433 bits per heavy atom. The first kappa shape index (κ1) is 85.7. The zero-order valence-electron chi connectivity index (χ0n) is 45.6. The maximum Gasteiger partial charge on any atom is 4.00 e. The first-order valence-corrected chi connectivity index (χ1v) is 24.0. The van der Waals surface area contributed by atoms with E-state index in [1.807, 2.05) is 0 Å². The summed E-state index contributed by atoms with van der Waals surface area (Å²) in [6.07, 6.45) is -69.7. The molecule has 0 fully saturated rings. The maximum absolute atomic E-state index is 13.3. The Balaban J connectivity index is 0.000000653. The molecule has 45 heteroatoms. The van der Waals surface area contributed by atoms with Gasteiger partial charge in [0, 0.05) is 22.3 Å². The molecule has 97 heavy (non-hydrogen) atoms. The van der Waals surface area contributed by atoms with E-state index in [-0.39, 0.29) is 90.3 Å². The fourth-order valence-electron chi connectivity index (χ4n) is 6.80. The summed E-state index contributed by atoms with van der Waals surface area (Å²) in [6, 6.07) is -3.00. The van der Waals surface area contributed by atoms with Crippen molar-refractivity contribution in [1.29, 1.82) is 0 Å². The third-order valence-electron chi connectivity index (χ3n) is 11.1. The SMILES string of the molecule is [Ce+4].[O-]/C(=C\C(=NCCN=C(/C=C(\[O-])C(F)(F)F)c1cc(C(F)(F)F)cc(C(F)(F)F)c1)c1cc(C(F)(F)F)cc(C(F)(F)F)c1)C(F)(F)F.[O-]/C(=C\C(=NCCN=C(/C=C(\[O-])C(F)(F)F)c1cc(C(F)(F)F)cc(C(F)(F)F)c1)c1cc(C(F)(F)F)cc(C(F)(F)F)c1)C(F)(F)F. The number of hydrogen-bond donors (Lipinski definition) is 0. The van der Waals surface area contributed by atoms with Gasteiger partial charge in [0.15, 0.2) is 0 Å². The Kier molecular flexibility index (Phi) is 27.2. The summed E-state index contributed by atoms with van der Waals surface area (Å²) in [7, 11) is 0. The Labute approximate surface area is 548 Å². The fourth-order valence-corrected chi connectivity index (χ4v) is 6.80. The topological polar surface area (TPSA) is 142 Å². The van der Waals surface area contributed by atoms with E-state index in [0.29, 0.717) is 0 Å². The van der Waals surface area contributed by atoms with Crippen molar-refractivity contribution >= 4 is 22.8 Å². The molecule has 4 rings (SSSR count). The van der Waals surface area contributed by atoms with Crippen LogP contribution in [0.2, 0.25) is 0 Å². The average molecular weight is 1590 g/mol. The second-order valence-electron chi connectivity index (χ2n) is 18.3. The van der Waals surface area contributed by atoms with Crippen LogP contribution < -0.4 is 20.4 Å². The van der Waals surface area contributed by atoms with Gasteiger partial charge in [-0.15, -0.1) is 0 Å². The monoisotopic (exact) mass is 1590 g/mol. The van der Waals surface area contributed by atoms with E-state index < -0.39 is 262 Å². The zero-order valence-corrected chi connectivity index (χ0v) is 48.7. The molecule has 0 unspecified atom stereocenters. The van der Waals surface area contributed by atoms with Crippen LogP contribution in [0.3, 0.4) is 0 Å². The molecule has 0 aliphatic heterocycles. The number of alkyl halides is 36. The van der Waals surface area contributed by atoms with Crippen LogP contribution in [0, 0.1) is 41.7 Å². The molecule has 0 aromatic heterocycles. The summed E-state index contributed by atoms with van der Waals surface area (Å²) in [5.41, 5.74) is -28.4. The Morgan fingerprint density at radius 2 is 0.340 bits per heavy atom. The minimum absolute atomic E-state index is 0. The molecule has 0 bridgehead atoms. The standard InChI is InChI=1S/2C26H14F18N2O2.Ce/c2*27-21(28,29)13-3-11(4-14(7-13)22(30,31)32)17(9-19(47)25(39,40)41)45-1-2-46-18(10-20(48)26(42,43)44)12-5-15(23(33,34)35)8-16(6-12)24(36,37)38;/h2*3-10,47-48H,1-2H2;/q;;+4/p-4/b2*19-9-,20-10-,45-17?,46-18?;. The predicted octanol–water partition coefficient (Wildman–Crippen LogP) is 15.3. The van der Waals surface area contributed by atoms with Crippen molar-refractivity contribution in [3.63, 3.8) is 0 Å². The van der Waals surface area contributed by atoms with Crippen LogP contribution in [0.4, 0.5) is 158 Å². The Bertz CT molecular complexity index is 3080. The van der Waals surface area contributed by atoms with Crippen LogP contribution in [-0.2, 0) is 49.4 Å². The minimum atomic E-state index is -5.77. The van der Waals surface area contributed by atoms with Crippen molar-refractivity contribution in [3.05, 3.63) is 187 Å². The third kappa shape index (κ3) is 26.4.